The Balaban J connectivity index is 2.10. The fraction of sp³-hybridized carbons (Fsp3) is 0.294. The number of nitrogens with zero attached hydrogens (tertiary/aromatic N) is 4. The Kier molecular flexibility index (Phi) is 5.29. The maximum absolute atomic E-state index is 12.3. The standard InChI is InChI=1S/C17H20N6O5/c1-9(11-5-3-4-6-12(11)26)20-21-16-18-14-13(23(16)7-10(25)8-24)15(27)19-17(28)22(14)2/h3-6,10,24-26H,7-8H2,1-2H3,(H,18,21)(H,19,27,28)/b20-9+. The van der Waals surface area contributed by atoms with E-state index >= 15 is 0 Å². The lowest BCUT2D eigenvalue weighted by Crippen LogP contribution is -2.30. The number of para-hydroxylation sites is 1. The number of fused-ring (bicyclic) bond motifs is 1. The molecule has 3 rings (SSSR count). The third kappa shape index (κ3) is 3.52. The van der Waals surface area contributed by atoms with E-state index in [4.69, 9.17) is 5.11 Å². The van der Waals surface area contributed by atoms with Crippen molar-refractivity contribution in [3.8, 4) is 5.75 Å². The Morgan fingerprint density at radius 1 is 1.36 bits per heavy atom. The number of hydrazone groups is 1. The Morgan fingerprint density at radius 3 is 2.75 bits per heavy atom. The van der Waals surface area contributed by atoms with Crippen LogP contribution in [0.25, 0.3) is 11.2 Å². The van der Waals surface area contributed by atoms with Crippen LogP contribution in [0.2, 0.25) is 0 Å². The highest BCUT2D eigenvalue weighted by Gasteiger charge is 2.19. The maximum Gasteiger partial charge on any atom is 0.329 e. The minimum atomic E-state index is -1.15. The molecular weight excluding hydrogens is 368 g/mol. The molecule has 0 amide bonds. The van der Waals surface area contributed by atoms with Crippen molar-refractivity contribution in [2.75, 3.05) is 12.0 Å². The second-order valence-electron chi connectivity index (χ2n) is 6.20. The molecule has 0 aliphatic heterocycles. The number of nitrogens with one attached hydrogen (secondary N) is 2. The number of hydrogen-bond acceptors (Lipinski definition) is 8. The van der Waals surface area contributed by atoms with Gasteiger partial charge in [-0.2, -0.15) is 10.1 Å². The molecule has 2 heterocycles. The van der Waals surface area contributed by atoms with Crippen LogP contribution < -0.4 is 16.7 Å². The van der Waals surface area contributed by atoms with E-state index in [1.165, 1.54) is 17.7 Å². The average molecular weight is 388 g/mol. The zero-order chi connectivity index (χ0) is 20.4. The molecule has 11 nitrogen and oxygen atoms in total. The summed E-state index contributed by atoms with van der Waals surface area (Å²) in [4.78, 5) is 30.5. The molecule has 0 fully saturated rings. The molecule has 5 N–H and O–H groups in total. The van der Waals surface area contributed by atoms with Crippen molar-refractivity contribution >= 4 is 22.8 Å². The van der Waals surface area contributed by atoms with Gasteiger partial charge in [-0.3, -0.25) is 14.3 Å². The van der Waals surface area contributed by atoms with Gasteiger partial charge >= 0.3 is 5.69 Å². The molecule has 11 heteroatoms. The first-order valence-corrected chi connectivity index (χ1v) is 8.40. The largest absolute Gasteiger partial charge is 0.507 e. The highest BCUT2D eigenvalue weighted by molar-refractivity contribution is 6.01. The smallest absolute Gasteiger partial charge is 0.329 e. The van der Waals surface area contributed by atoms with Crippen molar-refractivity contribution in [1.29, 1.82) is 0 Å². The summed E-state index contributed by atoms with van der Waals surface area (Å²) in [7, 11) is 1.45. The predicted molar refractivity (Wildman–Crippen MR) is 103 cm³/mol. The van der Waals surface area contributed by atoms with E-state index in [0.29, 0.717) is 11.3 Å². The highest BCUT2D eigenvalue weighted by Crippen LogP contribution is 2.19. The number of hydrogen-bond donors (Lipinski definition) is 5. The predicted octanol–water partition coefficient (Wildman–Crippen LogP) is -0.682. The molecule has 0 bridgehead atoms. The first-order valence-electron chi connectivity index (χ1n) is 8.40. The second kappa shape index (κ2) is 7.66. The molecule has 0 spiro atoms. The quantitative estimate of drug-likeness (QED) is 0.276. The number of aliphatic hydroxyl groups is 2. The summed E-state index contributed by atoms with van der Waals surface area (Å²) in [5.74, 6) is 0.137. The Bertz CT molecular complexity index is 1160. The van der Waals surface area contributed by atoms with Gasteiger partial charge in [0.15, 0.2) is 11.2 Å². The Morgan fingerprint density at radius 2 is 2.07 bits per heavy atom. The third-order valence-electron chi connectivity index (χ3n) is 4.23. The molecule has 2 aromatic heterocycles. The van der Waals surface area contributed by atoms with Crippen LogP contribution in [-0.4, -0.2) is 52.8 Å². The monoisotopic (exact) mass is 388 g/mol. The van der Waals surface area contributed by atoms with E-state index in [9.17, 15) is 19.8 Å². The van der Waals surface area contributed by atoms with Gasteiger partial charge in [0.2, 0.25) is 5.95 Å². The molecule has 0 saturated heterocycles. The molecule has 0 radical (unpaired) electrons. The highest BCUT2D eigenvalue weighted by atomic mass is 16.3. The molecule has 0 aliphatic carbocycles. The van der Waals surface area contributed by atoms with Crippen LogP contribution >= 0.6 is 0 Å². The van der Waals surface area contributed by atoms with Crippen molar-refractivity contribution in [2.45, 2.75) is 19.6 Å². The van der Waals surface area contributed by atoms with Gasteiger partial charge in [-0.05, 0) is 19.1 Å². The van der Waals surface area contributed by atoms with Gasteiger partial charge in [-0.25, -0.2) is 10.2 Å². The maximum atomic E-state index is 12.3. The van der Waals surface area contributed by atoms with Crippen LogP contribution in [0.15, 0.2) is 39.0 Å². The molecule has 0 saturated carbocycles. The van der Waals surface area contributed by atoms with Gasteiger partial charge in [0.25, 0.3) is 5.56 Å². The summed E-state index contributed by atoms with van der Waals surface area (Å²) in [6, 6.07) is 6.64. The number of phenols is 1. The molecule has 1 atom stereocenters. The van der Waals surface area contributed by atoms with E-state index in [2.05, 4.69) is 20.5 Å². The third-order valence-corrected chi connectivity index (χ3v) is 4.23. The number of anilines is 1. The molecule has 1 unspecified atom stereocenters. The fourth-order valence-electron chi connectivity index (χ4n) is 2.74. The van der Waals surface area contributed by atoms with Crippen LogP contribution in [0.4, 0.5) is 5.95 Å². The fourth-order valence-corrected chi connectivity index (χ4v) is 2.74. The summed E-state index contributed by atoms with van der Waals surface area (Å²) in [5, 5.41) is 33.1. The number of H-pyrrole nitrogens is 1. The lowest BCUT2D eigenvalue weighted by Gasteiger charge is -2.12. The van der Waals surface area contributed by atoms with Gasteiger partial charge < -0.3 is 19.9 Å². The molecule has 28 heavy (non-hydrogen) atoms. The summed E-state index contributed by atoms with van der Waals surface area (Å²) < 4.78 is 2.49. The molecule has 148 valence electrons. The van der Waals surface area contributed by atoms with Crippen molar-refractivity contribution in [3.63, 3.8) is 0 Å². The van der Waals surface area contributed by atoms with E-state index in [1.807, 2.05) is 0 Å². The zero-order valence-electron chi connectivity index (χ0n) is 15.2. The topological polar surface area (TPSA) is 158 Å². The second-order valence-corrected chi connectivity index (χ2v) is 6.20. The molecule has 1 aromatic carbocycles. The normalized spacial score (nSPS) is 13.1. The Hall–Kier alpha value is -3.44. The van der Waals surface area contributed by atoms with Crippen molar-refractivity contribution in [2.24, 2.45) is 12.1 Å². The Labute approximate surface area is 158 Å². The molecular formula is C17H20N6O5. The minimum absolute atomic E-state index is 0.0486. The number of aromatic nitrogens is 4. The van der Waals surface area contributed by atoms with E-state index in [0.717, 1.165) is 4.57 Å². The number of aromatic hydroxyl groups is 1. The van der Waals surface area contributed by atoms with Gasteiger partial charge in [0, 0.05) is 12.6 Å². The van der Waals surface area contributed by atoms with Gasteiger partial charge in [0.1, 0.15) is 5.75 Å². The van der Waals surface area contributed by atoms with Crippen LogP contribution in [0.3, 0.4) is 0 Å². The van der Waals surface area contributed by atoms with Gasteiger partial charge in [-0.1, -0.05) is 12.1 Å². The average Bonchev–Trinajstić information content (AvgIpc) is 3.03. The van der Waals surface area contributed by atoms with Crippen LogP contribution in [0.1, 0.15) is 12.5 Å². The number of phenolic OH excluding ortho intramolecular Hbond substituents is 1. The van der Waals surface area contributed by atoms with Crippen molar-refractivity contribution in [1.82, 2.24) is 19.1 Å². The summed E-state index contributed by atoms with van der Waals surface area (Å²) >= 11 is 0. The summed E-state index contributed by atoms with van der Waals surface area (Å²) in [6.45, 7) is 0.991. The number of rotatable bonds is 6. The van der Waals surface area contributed by atoms with E-state index in [1.54, 1.807) is 25.1 Å². The van der Waals surface area contributed by atoms with E-state index in [-0.39, 0.29) is 29.4 Å². The summed E-state index contributed by atoms with van der Waals surface area (Å²) in [6.07, 6.45) is -1.15. The van der Waals surface area contributed by atoms with Gasteiger partial charge in [0.05, 0.1) is 25.0 Å². The number of aromatic amines is 1. The van der Waals surface area contributed by atoms with Crippen molar-refractivity contribution < 1.29 is 15.3 Å². The minimum Gasteiger partial charge on any atom is -0.507 e. The lowest BCUT2D eigenvalue weighted by molar-refractivity contribution is 0.0825. The van der Waals surface area contributed by atoms with Crippen LogP contribution in [-0.2, 0) is 13.6 Å². The summed E-state index contributed by atoms with van der Waals surface area (Å²) in [5.41, 5.74) is 2.48. The first kappa shape index (κ1) is 19.3. The number of imidazole rings is 1. The molecule has 3 aromatic rings. The first-order chi connectivity index (χ1) is 13.3. The van der Waals surface area contributed by atoms with Crippen LogP contribution in [0.5, 0.6) is 5.75 Å². The number of aliphatic hydroxyl groups excluding tert-OH is 2. The zero-order valence-corrected chi connectivity index (χ0v) is 15.2. The SMILES string of the molecule is C/C(=N\Nc1nc2c(c(=O)[nH]c(=O)n2C)n1CC(O)CO)c1ccccc1O. The van der Waals surface area contributed by atoms with E-state index < -0.39 is 24.0 Å². The van der Waals surface area contributed by atoms with Crippen LogP contribution in [0, 0.1) is 0 Å². The number of aryl methyl sites for hydroxylation is 1. The lowest BCUT2D eigenvalue weighted by atomic mass is 10.1. The molecule has 0 aliphatic rings. The van der Waals surface area contributed by atoms with Crippen molar-refractivity contribution in [3.05, 3.63) is 50.7 Å². The van der Waals surface area contributed by atoms with Gasteiger partial charge in [-0.15, -0.1) is 0 Å². The number of benzene rings is 1.